The molecule has 7 nitrogen and oxygen atoms in total. The Hall–Kier alpha value is -3.68. The summed E-state index contributed by atoms with van der Waals surface area (Å²) >= 11 is 0. The Labute approximate surface area is 166 Å². The van der Waals surface area contributed by atoms with E-state index in [2.05, 4.69) is 20.6 Å². The smallest absolute Gasteiger partial charge is 0.271 e. The van der Waals surface area contributed by atoms with Crippen LogP contribution in [-0.4, -0.2) is 29.2 Å². The van der Waals surface area contributed by atoms with E-state index in [1.54, 1.807) is 12.1 Å². The number of aromatic nitrogens is 2. The molecule has 2 N–H and O–H groups in total. The number of fused-ring (bicyclic) bond motifs is 1. The summed E-state index contributed by atoms with van der Waals surface area (Å²) in [5, 5.41) is 5.94. The molecular weight excluding hydrogens is 375 g/mol. The van der Waals surface area contributed by atoms with Gasteiger partial charge in [-0.3, -0.25) is 4.79 Å². The SMILES string of the molecule is O=C(NCCc1ccc(F)cc1)c1cnc(NCc2ccc3c(c2)OCO3)cn1. The second kappa shape index (κ2) is 8.55. The fraction of sp³-hybridized carbons (Fsp3) is 0.190. The highest BCUT2D eigenvalue weighted by Crippen LogP contribution is 2.32. The van der Waals surface area contributed by atoms with Gasteiger partial charge in [-0.05, 0) is 41.8 Å². The molecule has 0 fully saturated rings. The molecule has 0 saturated carbocycles. The van der Waals surface area contributed by atoms with E-state index < -0.39 is 0 Å². The molecule has 8 heteroatoms. The molecule has 0 radical (unpaired) electrons. The maximum atomic E-state index is 12.9. The minimum absolute atomic E-state index is 0.234. The van der Waals surface area contributed by atoms with Crippen molar-refractivity contribution in [2.75, 3.05) is 18.7 Å². The lowest BCUT2D eigenvalue weighted by Crippen LogP contribution is -2.26. The Balaban J connectivity index is 1.26. The quantitative estimate of drug-likeness (QED) is 0.641. The molecule has 0 unspecified atom stereocenters. The van der Waals surface area contributed by atoms with E-state index in [9.17, 15) is 9.18 Å². The van der Waals surface area contributed by atoms with Gasteiger partial charge in [0.15, 0.2) is 11.5 Å². The predicted octanol–water partition coefficient (Wildman–Crippen LogP) is 2.93. The number of amides is 1. The fourth-order valence-corrected chi connectivity index (χ4v) is 2.84. The molecule has 29 heavy (non-hydrogen) atoms. The van der Waals surface area contributed by atoms with Crippen molar-refractivity contribution in [3.8, 4) is 11.5 Å². The Morgan fingerprint density at radius 2 is 1.79 bits per heavy atom. The third-order valence-corrected chi connectivity index (χ3v) is 4.41. The Morgan fingerprint density at radius 1 is 1.00 bits per heavy atom. The summed E-state index contributed by atoms with van der Waals surface area (Å²) in [6, 6.07) is 11.9. The molecule has 0 atom stereocenters. The van der Waals surface area contributed by atoms with Crippen LogP contribution in [0.1, 0.15) is 21.6 Å². The van der Waals surface area contributed by atoms with Crippen LogP contribution in [0.3, 0.4) is 0 Å². The molecular formula is C21H19FN4O3. The highest BCUT2D eigenvalue weighted by Gasteiger charge is 2.13. The van der Waals surface area contributed by atoms with E-state index in [1.165, 1.54) is 24.5 Å². The van der Waals surface area contributed by atoms with Gasteiger partial charge in [0, 0.05) is 13.1 Å². The van der Waals surface area contributed by atoms with Crippen molar-refractivity contribution in [2.45, 2.75) is 13.0 Å². The molecule has 0 bridgehead atoms. The summed E-state index contributed by atoms with van der Waals surface area (Å²) < 4.78 is 23.5. The van der Waals surface area contributed by atoms with Crippen LogP contribution in [0.2, 0.25) is 0 Å². The van der Waals surface area contributed by atoms with Crippen molar-refractivity contribution >= 4 is 11.7 Å². The summed E-state index contributed by atoms with van der Waals surface area (Å²) in [5.41, 5.74) is 2.19. The average Bonchev–Trinajstić information content (AvgIpc) is 3.22. The van der Waals surface area contributed by atoms with Crippen molar-refractivity contribution in [2.24, 2.45) is 0 Å². The summed E-state index contributed by atoms with van der Waals surface area (Å²) in [6.07, 6.45) is 3.55. The number of rotatable bonds is 7. The van der Waals surface area contributed by atoms with E-state index in [1.807, 2.05) is 18.2 Å². The first-order chi connectivity index (χ1) is 14.2. The number of carbonyl (C=O) groups excluding carboxylic acids is 1. The lowest BCUT2D eigenvalue weighted by Gasteiger charge is -2.08. The first-order valence-electron chi connectivity index (χ1n) is 9.14. The second-order valence-corrected chi connectivity index (χ2v) is 6.46. The maximum Gasteiger partial charge on any atom is 0.271 e. The van der Waals surface area contributed by atoms with Gasteiger partial charge in [0.05, 0.1) is 12.4 Å². The monoisotopic (exact) mass is 394 g/mol. The van der Waals surface area contributed by atoms with Crippen LogP contribution >= 0.6 is 0 Å². The standard InChI is InChI=1S/C21H19FN4O3/c22-16-4-1-14(2-5-16)7-8-23-21(27)17-11-26-20(12-24-17)25-10-15-3-6-18-19(9-15)29-13-28-18/h1-6,9,11-12H,7-8,10,13H2,(H,23,27)(H,25,26). The summed E-state index contributed by atoms with van der Waals surface area (Å²) in [7, 11) is 0. The van der Waals surface area contributed by atoms with Crippen molar-refractivity contribution in [1.29, 1.82) is 0 Å². The molecule has 2 aromatic carbocycles. The zero-order valence-electron chi connectivity index (χ0n) is 15.5. The largest absolute Gasteiger partial charge is 0.454 e. The number of nitrogens with zero attached hydrogens (tertiary/aromatic N) is 2. The van der Waals surface area contributed by atoms with Crippen molar-refractivity contribution < 1.29 is 18.7 Å². The lowest BCUT2D eigenvalue weighted by atomic mass is 10.1. The minimum atomic E-state index is -0.304. The normalized spacial score (nSPS) is 11.9. The molecule has 1 aliphatic rings. The van der Waals surface area contributed by atoms with Crippen molar-refractivity contribution in [3.05, 3.63) is 77.5 Å². The van der Waals surface area contributed by atoms with Crippen LogP contribution in [-0.2, 0) is 13.0 Å². The summed E-state index contributed by atoms with van der Waals surface area (Å²) in [6.45, 7) is 1.20. The number of nitrogens with one attached hydrogen (secondary N) is 2. The van der Waals surface area contributed by atoms with Gasteiger partial charge in [0.2, 0.25) is 6.79 Å². The van der Waals surface area contributed by atoms with Crippen LogP contribution < -0.4 is 20.1 Å². The average molecular weight is 394 g/mol. The van der Waals surface area contributed by atoms with Gasteiger partial charge in [-0.15, -0.1) is 0 Å². The van der Waals surface area contributed by atoms with Gasteiger partial charge in [-0.1, -0.05) is 18.2 Å². The second-order valence-electron chi connectivity index (χ2n) is 6.46. The van der Waals surface area contributed by atoms with Gasteiger partial charge in [0.1, 0.15) is 17.3 Å². The molecule has 0 aliphatic carbocycles. The number of benzene rings is 2. The van der Waals surface area contributed by atoms with Crippen LogP contribution in [0.5, 0.6) is 11.5 Å². The van der Waals surface area contributed by atoms with E-state index >= 15 is 0 Å². The van der Waals surface area contributed by atoms with E-state index in [-0.39, 0.29) is 24.2 Å². The Kier molecular flexibility index (Phi) is 5.51. The van der Waals surface area contributed by atoms with Gasteiger partial charge in [0.25, 0.3) is 5.91 Å². The number of halogens is 1. The predicted molar refractivity (Wildman–Crippen MR) is 104 cm³/mol. The number of anilines is 1. The first kappa shape index (κ1) is 18.7. The third kappa shape index (κ3) is 4.78. The zero-order valence-corrected chi connectivity index (χ0v) is 15.5. The van der Waals surface area contributed by atoms with Crippen LogP contribution in [0.25, 0.3) is 0 Å². The molecule has 4 rings (SSSR count). The van der Waals surface area contributed by atoms with E-state index in [0.29, 0.717) is 25.3 Å². The van der Waals surface area contributed by atoms with Crippen LogP contribution in [0.4, 0.5) is 10.2 Å². The van der Waals surface area contributed by atoms with Crippen molar-refractivity contribution in [3.63, 3.8) is 0 Å². The third-order valence-electron chi connectivity index (χ3n) is 4.41. The van der Waals surface area contributed by atoms with Gasteiger partial charge in [-0.25, -0.2) is 14.4 Å². The number of hydrogen-bond acceptors (Lipinski definition) is 6. The van der Waals surface area contributed by atoms with Crippen LogP contribution in [0.15, 0.2) is 54.9 Å². The minimum Gasteiger partial charge on any atom is -0.454 e. The molecule has 0 saturated heterocycles. The fourth-order valence-electron chi connectivity index (χ4n) is 2.84. The molecule has 148 valence electrons. The first-order valence-corrected chi connectivity index (χ1v) is 9.14. The molecule has 1 aromatic heterocycles. The maximum absolute atomic E-state index is 12.9. The highest BCUT2D eigenvalue weighted by molar-refractivity contribution is 5.92. The molecule has 3 aromatic rings. The van der Waals surface area contributed by atoms with Crippen molar-refractivity contribution in [1.82, 2.24) is 15.3 Å². The Morgan fingerprint density at radius 3 is 2.59 bits per heavy atom. The summed E-state index contributed by atoms with van der Waals surface area (Å²) in [4.78, 5) is 20.6. The Bertz CT molecular complexity index is 994. The molecule has 0 spiro atoms. The molecule has 2 heterocycles. The number of hydrogen-bond donors (Lipinski definition) is 2. The van der Waals surface area contributed by atoms with E-state index in [4.69, 9.17) is 9.47 Å². The summed E-state index contributed by atoms with van der Waals surface area (Å²) in [5.74, 6) is 1.44. The number of carbonyl (C=O) groups is 1. The van der Waals surface area contributed by atoms with Gasteiger partial charge in [-0.2, -0.15) is 0 Å². The molecule has 1 amide bonds. The lowest BCUT2D eigenvalue weighted by molar-refractivity contribution is 0.0949. The number of ether oxygens (including phenoxy) is 2. The van der Waals surface area contributed by atoms with Gasteiger partial charge >= 0.3 is 0 Å². The van der Waals surface area contributed by atoms with E-state index in [0.717, 1.165) is 22.6 Å². The molecule has 1 aliphatic heterocycles. The topological polar surface area (TPSA) is 85.4 Å². The van der Waals surface area contributed by atoms with Gasteiger partial charge < -0.3 is 20.1 Å². The zero-order chi connectivity index (χ0) is 20.1. The highest BCUT2D eigenvalue weighted by atomic mass is 19.1. The van der Waals surface area contributed by atoms with Crippen LogP contribution in [0, 0.1) is 5.82 Å².